The van der Waals surface area contributed by atoms with Crippen LogP contribution in [0.25, 0.3) is 0 Å². The molecular weight excluding hydrogens is 254 g/mol. The molecule has 108 valence electrons. The minimum Gasteiger partial charge on any atom is -0.396 e. The van der Waals surface area contributed by atoms with Crippen LogP contribution in [0.15, 0.2) is 0 Å². The van der Waals surface area contributed by atoms with Gasteiger partial charge in [0.25, 0.3) is 0 Å². The number of morpholine rings is 1. The minimum atomic E-state index is -3.26. The number of aliphatic hydroxyl groups excluding tert-OH is 1. The normalized spacial score (nSPS) is 24.1. The third-order valence-electron chi connectivity index (χ3n) is 2.87. The zero-order chi connectivity index (χ0) is 14.0. The molecule has 0 aliphatic carbocycles. The van der Waals surface area contributed by atoms with Crippen molar-refractivity contribution in [2.75, 3.05) is 25.4 Å². The Morgan fingerprint density at radius 3 is 2.06 bits per heavy atom. The first-order valence-electron chi connectivity index (χ1n) is 6.37. The lowest BCUT2D eigenvalue weighted by atomic mass is 10.0. The Morgan fingerprint density at radius 1 is 1.11 bits per heavy atom. The van der Waals surface area contributed by atoms with E-state index in [0.29, 0.717) is 25.9 Å². The molecule has 5 nitrogen and oxygen atoms in total. The molecule has 1 saturated heterocycles. The molecule has 1 aliphatic heterocycles. The van der Waals surface area contributed by atoms with E-state index in [4.69, 9.17) is 9.84 Å². The lowest BCUT2D eigenvalue weighted by Crippen LogP contribution is -2.58. The number of nitrogens with zero attached hydrogens (tertiary/aromatic N) is 1. The number of hydrogen-bond acceptors (Lipinski definition) is 4. The van der Waals surface area contributed by atoms with Crippen molar-refractivity contribution in [3.05, 3.63) is 0 Å². The molecule has 0 spiro atoms. The Kier molecular flexibility index (Phi) is 4.81. The van der Waals surface area contributed by atoms with Gasteiger partial charge in [-0.05, 0) is 40.5 Å². The molecule has 1 aliphatic rings. The van der Waals surface area contributed by atoms with Crippen molar-refractivity contribution in [2.45, 2.75) is 51.7 Å². The predicted molar refractivity (Wildman–Crippen MR) is 70.9 cm³/mol. The highest BCUT2D eigenvalue weighted by molar-refractivity contribution is 7.89. The summed E-state index contributed by atoms with van der Waals surface area (Å²) >= 11 is 0. The Hall–Kier alpha value is -0.170. The van der Waals surface area contributed by atoms with Crippen molar-refractivity contribution in [1.29, 1.82) is 0 Å². The van der Waals surface area contributed by atoms with Crippen LogP contribution in [0.2, 0.25) is 0 Å². The monoisotopic (exact) mass is 279 g/mol. The summed E-state index contributed by atoms with van der Waals surface area (Å²) in [6.45, 7) is 8.44. The largest absolute Gasteiger partial charge is 0.396 e. The molecule has 6 heteroatoms. The maximum atomic E-state index is 12.2. The maximum Gasteiger partial charge on any atom is 0.214 e. The second-order valence-electron chi connectivity index (χ2n) is 6.14. The molecule has 0 aromatic carbocycles. The Morgan fingerprint density at radius 2 is 1.61 bits per heavy atom. The van der Waals surface area contributed by atoms with Crippen LogP contribution >= 0.6 is 0 Å². The van der Waals surface area contributed by atoms with E-state index in [2.05, 4.69) is 0 Å². The fraction of sp³-hybridized carbons (Fsp3) is 1.00. The van der Waals surface area contributed by atoms with Gasteiger partial charge < -0.3 is 9.84 Å². The molecule has 0 radical (unpaired) electrons. The summed E-state index contributed by atoms with van der Waals surface area (Å²) < 4.78 is 31.8. The first-order valence-corrected chi connectivity index (χ1v) is 7.98. The highest BCUT2D eigenvalue weighted by Gasteiger charge is 2.42. The molecule has 0 atom stereocenters. The topological polar surface area (TPSA) is 66.8 Å². The SMILES string of the molecule is CC1(C)CN(S(=O)(=O)CCCCO)CC(C)(C)O1. The predicted octanol–water partition coefficient (Wildman–Crippen LogP) is 0.978. The average Bonchev–Trinajstić information content (AvgIpc) is 2.12. The van der Waals surface area contributed by atoms with Gasteiger partial charge >= 0.3 is 0 Å². The van der Waals surface area contributed by atoms with Gasteiger partial charge in [0.15, 0.2) is 0 Å². The Balaban J connectivity index is 2.75. The van der Waals surface area contributed by atoms with Crippen molar-refractivity contribution in [3.63, 3.8) is 0 Å². The minimum absolute atomic E-state index is 0.0373. The third kappa shape index (κ3) is 4.50. The zero-order valence-electron chi connectivity index (χ0n) is 11.8. The molecular formula is C12H25NO4S. The van der Waals surface area contributed by atoms with Crippen molar-refractivity contribution in [1.82, 2.24) is 4.31 Å². The molecule has 0 saturated carbocycles. The van der Waals surface area contributed by atoms with E-state index in [1.165, 1.54) is 4.31 Å². The summed E-state index contributed by atoms with van der Waals surface area (Å²) in [7, 11) is -3.26. The summed E-state index contributed by atoms with van der Waals surface area (Å²) in [4.78, 5) is 0. The lowest BCUT2D eigenvalue weighted by molar-refractivity contribution is -0.163. The molecule has 0 unspecified atom stereocenters. The summed E-state index contributed by atoms with van der Waals surface area (Å²) in [5.74, 6) is 0.0969. The molecule has 1 rings (SSSR count). The zero-order valence-corrected chi connectivity index (χ0v) is 12.6. The maximum absolute atomic E-state index is 12.2. The second kappa shape index (κ2) is 5.45. The third-order valence-corrected chi connectivity index (χ3v) is 4.72. The van der Waals surface area contributed by atoms with E-state index < -0.39 is 21.2 Å². The van der Waals surface area contributed by atoms with Gasteiger partial charge in [0, 0.05) is 19.7 Å². The van der Waals surface area contributed by atoms with Crippen LogP contribution < -0.4 is 0 Å². The standard InChI is InChI=1S/C12H25NO4S/c1-11(2)9-13(10-12(3,4)17-11)18(15,16)8-6-5-7-14/h14H,5-10H2,1-4H3. The molecule has 1 fully saturated rings. The van der Waals surface area contributed by atoms with Crippen molar-refractivity contribution in [2.24, 2.45) is 0 Å². The fourth-order valence-electron chi connectivity index (χ4n) is 2.44. The van der Waals surface area contributed by atoms with Gasteiger partial charge in [-0.2, -0.15) is 4.31 Å². The van der Waals surface area contributed by atoms with Gasteiger partial charge in [-0.15, -0.1) is 0 Å². The fourth-order valence-corrected chi connectivity index (χ4v) is 4.28. The summed E-state index contributed by atoms with van der Waals surface area (Å²) in [5, 5.41) is 8.71. The molecule has 1 N–H and O–H groups in total. The van der Waals surface area contributed by atoms with Gasteiger partial charge in [-0.3, -0.25) is 0 Å². The molecule has 1 heterocycles. The van der Waals surface area contributed by atoms with Crippen LogP contribution in [-0.2, 0) is 14.8 Å². The average molecular weight is 279 g/mol. The van der Waals surface area contributed by atoms with Crippen LogP contribution in [0.5, 0.6) is 0 Å². The van der Waals surface area contributed by atoms with Gasteiger partial charge in [0.1, 0.15) is 0 Å². The van der Waals surface area contributed by atoms with Crippen molar-refractivity contribution >= 4 is 10.0 Å². The Bertz CT molecular complexity index is 360. The van der Waals surface area contributed by atoms with Gasteiger partial charge in [0.05, 0.1) is 17.0 Å². The first-order chi connectivity index (χ1) is 8.08. The van der Waals surface area contributed by atoms with Crippen LogP contribution in [0.3, 0.4) is 0 Å². The molecule has 0 aromatic heterocycles. The van der Waals surface area contributed by atoms with E-state index in [1.807, 2.05) is 27.7 Å². The van der Waals surface area contributed by atoms with E-state index in [1.54, 1.807) is 0 Å². The van der Waals surface area contributed by atoms with E-state index >= 15 is 0 Å². The highest BCUT2D eigenvalue weighted by atomic mass is 32.2. The number of aliphatic hydroxyl groups is 1. The highest BCUT2D eigenvalue weighted by Crippen LogP contribution is 2.29. The van der Waals surface area contributed by atoms with E-state index in [9.17, 15) is 8.42 Å². The van der Waals surface area contributed by atoms with E-state index in [0.717, 1.165) is 0 Å². The quantitative estimate of drug-likeness (QED) is 0.762. The van der Waals surface area contributed by atoms with Crippen LogP contribution in [0, 0.1) is 0 Å². The van der Waals surface area contributed by atoms with Crippen LogP contribution in [-0.4, -0.2) is 54.5 Å². The summed E-state index contributed by atoms with van der Waals surface area (Å²) in [5.41, 5.74) is -0.933. The Labute approximate surface area is 110 Å². The number of sulfonamides is 1. The molecule has 18 heavy (non-hydrogen) atoms. The molecule has 0 bridgehead atoms. The number of rotatable bonds is 5. The van der Waals surface area contributed by atoms with Gasteiger partial charge in [-0.1, -0.05) is 0 Å². The number of ether oxygens (including phenoxy) is 1. The smallest absolute Gasteiger partial charge is 0.214 e. The molecule has 0 aromatic rings. The van der Waals surface area contributed by atoms with E-state index in [-0.39, 0.29) is 12.4 Å². The van der Waals surface area contributed by atoms with Crippen molar-refractivity contribution in [3.8, 4) is 0 Å². The van der Waals surface area contributed by atoms with Gasteiger partial charge in [0.2, 0.25) is 10.0 Å². The first kappa shape index (κ1) is 15.9. The number of hydrogen-bond donors (Lipinski definition) is 1. The van der Waals surface area contributed by atoms with Gasteiger partial charge in [-0.25, -0.2) is 8.42 Å². The van der Waals surface area contributed by atoms with Crippen molar-refractivity contribution < 1.29 is 18.3 Å². The summed E-state index contributed by atoms with van der Waals surface area (Å²) in [6.07, 6.45) is 1.02. The number of unbranched alkanes of at least 4 members (excludes halogenated alkanes) is 1. The molecule has 0 amide bonds. The van der Waals surface area contributed by atoms with Crippen LogP contribution in [0.1, 0.15) is 40.5 Å². The lowest BCUT2D eigenvalue weighted by Gasteiger charge is -2.46. The van der Waals surface area contributed by atoms with Crippen LogP contribution in [0.4, 0.5) is 0 Å². The summed E-state index contributed by atoms with van der Waals surface area (Å²) in [6, 6.07) is 0. The second-order valence-corrected chi connectivity index (χ2v) is 8.22.